The minimum Gasteiger partial charge on any atom is -0.491 e. The highest BCUT2D eigenvalue weighted by Crippen LogP contribution is 2.32. The third-order valence-corrected chi connectivity index (χ3v) is 3.64. The largest absolute Gasteiger partial charge is 0.491 e. The van der Waals surface area contributed by atoms with Gasteiger partial charge in [-0.2, -0.15) is 0 Å². The Bertz CT molecular complexity index is 582. The van der Waals surface area contributed by atoms with Crippen molar-refractivity contribution >= 4 is 0 Å². The molecule has 3 heteroatoms. The summed E-state index contributed by atoms with van der Waals surface area (Å²) < 4.78 is 18.6. The lowest BCUT2D eigenvalue weighted by atomic mass is 10.0. The lowest BCUT2D eigenvalue weighted by molar-refractivity contribution is 0.299. The van der Waals surface area contributed by atoms with E-state index in [0.29, 0.717) is 12.6 Å². The molecule has 0 amide bonds. The number of rotatable bonds is 4. The quantitative estimate of drug-likeness (QED) is 0.919. The molecule has 2 nitrogen and oxygen atoms in total. The highest BCUT2D eigenvalue weighted by Gasteiger charge is 2.24. The van der Waals surface area contributed by atoms with Gasteiger partial charge in [-0.15, -0.1) is 0 Å². The zero-order chi connectivity index (χ0) is 13.9. The molecule has 1 N–H and O–H groups in total. The fourth-order valence-corrected chi connectivity index (χ4v) is 2.68. The molecule has 0 fully saturated rings. The molecular weight excluding hydrogens is 253 g/mol. The SMILES string of the molecule is CC(Cc1ccc(F)cc1)NC1COc2ccccc21. The standard InChI is InChI=1S/C17H18FNO/c1-12(10-13-6-8-14(18)9-7-13)19-16-11-20-17-5-3-2-4-15(16)17/h2-9,12,16,19H,10-11H2,1H3. The van der Waals surface area contributed by atoms with Crippen LogP contribution in [0.1, 0.15) is 24.1 Å². The molecule has 1 aliphatic heterocycles. The molecular formula is C17H18FNO. The predicted octanol–water partition coefficient (Wildman–Crippen LogP) is 3.48. The van der Waals surface area contributed by atoms with Crippen molar-refractivity contribution in [2.24, 2.45) is 0 Å². The molecule has 2 aromatic carbocycles. The van der Waals surface area contributed by atoms with E-state index >= 15 is 0 Å². The molecule has 0 aromatic heterocycles. The van der Waals surface area contributed by atoms with E-state index in [4.69, 9.17) is 4.74 Å². The maximum absolute atomic E-state index is 12.9. The zero-order valence-electron chi connectivity index (χ0n) is 11.5. The van der Waals surface area contributed by atoms with Gasteiger partial charge in [0.15, 0.2) is 0 Å². The van der Waals surface area contributed by atoms with Crippen LogP contribution in [-0.4, -0.2) is 12.6 Å². The highest BCUT2D eigenvalue weighted by atomic mass is 19.1. The average Bonchev–Trinajstić information content (AvgIpc) is 2.85. The fourth-order valence-electron chi connectivity index (χ4n) is 2.68. The van der Waals surface area contributed by atoms with E-state index in [2.05, 4.69) is 18.3 Å². The number of hydrogen-bond donors (Lipinski definition) is 1. The molecule has 1 aliphatic rings. The number of para-hydroxylation sites is 1. The molecule has 0 saturated heterocycles. The Hall–Kier alpha value is -1.87. The number of halogens is 1. The van der Waals surface area contributed by atoms with Crippen molar-refractivity contribution in [1.82, 2.24) is 5.32 Å². The molecule has 2 aromatic rings. The van der Waals surface area contributed by atoms with E-state index in [-0.39, 0.29) is 11.9 Å². The van der Waals surface area contributed by atoms with Crippen LogP contribution in [0.4, 0.5) is 4.39 Å². The number of ether oxygens (including phenoxy) is 1. The van der Waals surface area contributed by atoms with Crippen LogP contribution in [-0.2, 0) is 6.42 Å². The van der Waals surface area contributed by atoms with Crippen LogP contribution < -0.4 is 10.1 Å². The van der Waals surface area contributed by atoms with E-state index < -0.39 is 0 Å². The fraction of sp³-hybridized carbons (Fsp3) is 0.294. The molecule has 0 saturated carbocycles. The van der Waals surface area contributed by atoms with E-state index in [0.717, 1.165) is 17.7 Å². The second-order valence-electron chi connectivity index (χ2n) is 5.30. The number of benzene rings is 2. The van der Waals surface area contributed by atoms with Gasteiger partial charge in [0.25, 0.3) is 0 Å². The highest BCUT2D eigenvalue weighted by molar-refractivity contribution is 5.39. The topological polar surface area (TPSA) is 21.3 Å². The summed E-state index contributed by atoms with van der Waals surface area (Å²) >= 11 is 0. The monoisotopic (exact) mass is 271 g/mol. The molecule has 3 rings (SSSR count). The molecule has 2 unspecified atom stereocenters. The first kappa shape index (κ1) is 13.1. The average molecular weight is 271 g/mol. The Balaban J connectivity index is 1.62. The lowest BCUT2D eigenvalue weighted by Crippen LogP contribution is -2.33. The second-order valence-corrected chi connectivity index (χ2v) is 5.30. The first-order chi connectivity index (χ1) is 9.72. The van der Waals surface area contributed by atoms with Gasteiger partial charge < -0.3 is 10.1 Å². The van der Waals surface area contributed by atoms with Crippen LogP contribution >= 0.6 is 0 Å². The molecule has 104 valence electrons. The summed E-state index contributed by atoms with van der Waals surface area (Å²) in [5.41, 5.74) is 2.36. The van der Waals surface area contributed by atoms with Gasteiger partial charge in [0.1, 0.15) is 18.2 Å². The van der Waals surface area contributed by atoms with Crippen LogP contribution in [0, 0.1) is 5.82 Å². The smallest absolute Gasteiger partial charge is 0.124 e. The molecule has 0 radical (unpaired) electrons. The third kappa shape index (κ3) is 2.83. The summed E-state index contributed by atoms with van der Waals surface area (Å²) in [6.45, 7) is 2.82. The zero-order valence-corrected chi connectivity index (χ0v) is 11.5. The normalized spacial score (nSPS) is 18.4. The van der Waals surface area contributed by atoms with Gasteiger partial charge in [-0.05, 0) is 37.1 Å². The molecule has 1 heterocycles. The van der Waals surface area contributed by atoms with Gasteiger partial charge >= 0.3 is 0 Å². The molecule has 0 bridgehead atoms. The van der Waals surface area contributed by atoms with Crippen molar-refractivity contribution in [3.8, 4) is 5.75 Å². The minimum absolute atomic E-state index is 0.188. The van der Waals surface area contributed by atoms with Crippen LogP contribution in [0.25, 0.3) is 0 Å². The Morgan fingerprint density at radius 1 is 1.20 bits per heavy atom. The van der Waals surface area contributed by atoms with Gasteiger partial charge in [0, 0.05) is 11.6 Å². The van der Waals surface area contributed by atoms with E-state index in [1.54, 1.807) is 0 Å². The molecule has 0 aliphatic carbocycles. The Kier molecular flexibility index (Phi) is 3.70. The van der Waals surface area contributed by atoms with Crippen LogP contribution in [0.3, 0.4) is 0 Å². The van der Waals surface area contributed by atoms with E-state index in [1.807, 2.05) is 30.3 Å². The molecule has 2 atom stereocenters. The Labute approximate surface area is 118 Å². The van der Waals surface area contributed by atoms with Crippen LogP contribution in [0.2, 0.25) is 0 Å². The van der Waals surface area contributed by atoms with Gasteiger partial charge in [0.05, 0.1) is 6.04 Å². The predicted molar refractivity (Wildman–Crippen MR) is 77.4 cm³/mol. The summed E-state index contributed by atoms with van der Waals surface area (Å²) in [6.07, 6.45) is 0.874. The Morgan fingerprint density at radius 2 is 1.95 bits per heavy atom. The first-order valence-corrected chi connectivity index (χ1v) is 6.94. The second kappa shape index (κ2) is 5.63. The van der Waals surface area contributed by atoms with E-state index in [1.165, 1.54) is 17.7 Å². The van der Waals surface area contributed by atoms with Crippen LogP contribution in [0.15, 0.2) is 48.5 Å². The number of fused-ring (bicyclic) bond motifs is 1. The lowest BCUT2D eigenvalue weighted by Gasteiger charge is -2.19. The van der Waals surface area contributed by atoms with Crippen molar-refractivity contribution in [3.05, 3.63) is 65.5 Å². The number of nitrogens with one attached hydrogen (secondary N) is 1. The van der Waals surface area contributed by atoms with Crippen molar-refractivity contribution in [2.45, 2.75) is 25.4 Å². The van der Waals surface area contributed by atoms with Gasteiger partial charge in [-0.3, -0.25) is 0 Å². The summed E-state index contributed by atoms with van der Waals surface area (Å²) in [5, 5.41) is 3.58. The Morgan fingerprint density at radius 3 is 2.75 bits per heavy atom. The molecule has 20 heavy (non-hydrogen) atoms. The van der Waals surface area contributed by atoms with Crippen molar-refractivity contribution < 1.29 is 9.13 Å². The van der Waals surface area contributed by atoms with Crippen molar-refractivity contribution in [3.63, 3.8) is 0 Å². The van der Waals surface area contributed by atoms with Gasteiger partial charge in [-0.1, -0.05) is 30.3 Å². The van der Waals surface area contributed by atoms with Crippen LogP contribution in [0.5, 0.6) is 5.75 Å². The van der Waals surface area contributed by atoms with Gasteiger partial charge in [0.2, 0.25) is 0 Å². The summed E-state index contributed by atoms with van der Waals surface area (Å²) in [5.74, 6) is 0.784. The third-order valence-electron chi connectivity index (χ3n) is 3.64. The number of hydrogen-bond acceptors (Lipinski definition) is 2. The molecule has 0 spiro atoms. The summed E-state index contributed by atoms with van der Waals surface area (Å²) in [6, 6.07) is 15.4. The van der Waals surface area contributed by atoms with Gasteiger partial charge in [-0.25, -0.2) is 4.39 Å². The maximum atomic E-state index is 12.9. The minimum atomic E-state index is -0.188. The summed E-state index contributed by atoms with van der Waals surface area (Å²) in [4.78, 5) is 0. The summed E-state index contributed by atoms with van der Waals surface area (Å²) in [7, 11) is 0. The maximum Gasteiger partial charge on any atom is 0.124 e. The van der Waals surface area contributed by atoms with E-state index in [9.17, 15) is 4.39 Å². The first-order valence-electron chi connectivity index (χ1n) is 6.94. The van der Waals surface area contributed by atoms with Crippen molar-refractivity contribution in [1.29, 1.82) is 0 Å². The van der Waals surface area contributed by atoms with Crippen molar-refractivity contribution in [2.75, 3.05) is 6.61 Å².